The van der Waals surface area contributed by atoms with Crippen LogP contribution in [0.4, 0.5) is 0 Å². The number of ether oxygens (including phenoxy) is 2. The number of hydrogen-bond donors (Lipinski definition) is 2. The van der Waals surface area contributed by atoms with Gasteiger partial charge in [-0.15, -0.1) is 0 Å². The zero-order chi connectivity index (χ0) is 11.4. The summed E-state index contributed by atoms with van der Waals surface area (Å²) in [6, 6.07) is 0. The number of aliphatic hydroxyl groups excluding tert-OH is 1. The SMILES string of the molecule is CC1CC(CO)(NCC2CCCO2)CCO1. The molecule has 0 aromatic rings. The van der Waals surface area contributed by atoms with Crippen molar-refractivity contribution in [3.8, 4) is 0 Å². The van der Waals surface area contributed by atoms with E-state index in [0.717, 1.165) is 45.4 Å². The Bertz CT molecular complexity index is 218. The van der Waals surface area contributed by atoms with Gasteiger partial charge in [-0.05, 0) is 32.6 Å². The van der Waals surface area contributed by atoms with Crippen LogP contribution in [-0.4, -0.2) is 49.2 Å². The molecule has 0 radical (unpaired) electrons. The molecule has 2 N–H and O–H groups in total. The highest BCUT2D eigenvalue weighted by Gasteiger charge is 2.35. The van der Waals surface area contributed by atoms with Crippen LogP contribution in [-0.2, 0) is 9.47 Å². The molecule has 0 spiro atoms. The fourth-order valence-corrected chi connectivity index (χ4v) is 2.66. The summed E-state index contributed by atoms with van der Waals surface area (Å²) in [6.45, 7) is 4.73. The van der Waals surface area contributed by atoms with Gasteiger partial charge in [0.1, 0.15) is 0 Å². The Balaban J connectivity index is 1.83. The summed E-state index contributed by atoms with van der Waals surface area (Å²) in [7, 11) is 0. The van der Waals surface area contributed by atoms with E-state index in [1.54, 1.807) is 0 Å². The molecule has 3 unspecified atom stereocenters. The van der Waals surface area contributed by atoms with E-state index < -0.39 is 0 Å². The van der Waals surface area contributed by atoms with Gasteiger partial charge in [0.25, 0.3) is 0 Å². The van der Waals surface area contributed by atoms with Crippen LogP contribution in [0.3, 0.4) is 0 Å². The zero-order valence-electron chi connectivity index (χ0n) is 10.1. The highest BCUT2D eigenvalue weighted by atomic mass is 16.5. The molecule has 3 atom stereocenters. The third-order valence-corrected chi connectivity index (χ3v) is 3.69. The van der Waals surface area contributed by atoms with E-state index in [1.165, 1.54) is 0 Å². The smallest absolute Gasteiger partial charge is 0.0700 e. The Hall–Kier alpha value is -0.160. The third-order valence-electron chi connectivity index (χ3n) is 3.69. The van der Waals surface area contributed by atoms with Crippen LogP contribution in [0.25, 0.3) is 0 Å². The lowest BCUT2D eigenvalue weighted by molar-refractivity contribution is -0.0397. The first-order valence-corrected chi connectivity index (χ1v) is 6.33. The maximum absolute atomic E-state index is 9.57. The molecule has 16 heavy (non-hydrogen) atoms. The van der Waals surface area contributed by atoms with Crippen molar-refractivity contribution in [3.63, 3.8) is 0 Å². The van der Waals surface area contributed by atoms with Crippen molar-refractivity contribution in [3.05, 3.63) is 0 Å². The monoisotopic (exact) mass is 229 g/mol. The average Bonchev–Trinajstić information content (AvgIpc) is 2.79. The molecular weight excluding hydrogens is 206 g/mol. The Morgan fingerprint density at radius 1 is 1.38 bits per heavy atom. The van der Waals surface area contributed by atoms with Crippen LogP contribution in [0.5, 0.6) is 0 Å². The van der Waals surface area contributed by atoms with E-state index in [0.29, 0.717) is 6.10 Å². The lowest BCUT2D eigenvalue weighted by Crippen LogP contribution is -2.55. The van der Waals surface area contributed by atoms with Crippen LogP contribution in [0.1, 0.15) is 32.6 Å². The minimum Gasteiger partial charge on any atom is -0.394 e. The molecule has 0 aromatic carbocycles. The van der Waals surface area contributed by atoms with Crippen molar-refractivity contribution in [2.75, 3.05) is 26.4 Å². The number of nitrogens with one attached hydrogen (secondary N) is 1. The first-order chi connectivity index (χ1) is 7.74. The van der Waals surface area contributed by atoms with E-state index in [-0.39, 0.29) is 18.2 Å². The fourth-order valence-electron chi connectivity index (χ4n) is 2.66. The molecule has 0 amide bonds. The standard InChI is InChI=1S/C12H23NO3/c1-10-7-12(9-14,4-6-15-10)13-8-11-3-2-5-16-11/h10-11,13-14H,2-9H2,1H3. The summed E-state index contributed by atoms with van der Waals surface area (Å²) in [5, 5.41) is 13.1. The van der Waals surface area contributed by atoms with Gasteiger partial charge in [0.05, 0.1) is 18.8 Å². The van der Waals surface area contributed by atoms with Crippen LogP contribution in [0.15, 0.2) is 0 Å². The molecule has 4 heteroatoms. The van der Waals surface area contributed by atoms with Crippen molar-refractivity contribution >= 4 is 0 Å². The minimum atomic E-state index is -0.149. The molecule has 4 nitrogen and oxygen atoms in total. The zero-order valence-corrected chi connectivity index (χ0v) is 10.1. The second-order valence-corrected chi connectivity index (χ2v) is 5.09. The van der Waals surface area contributed by atoms with Gasteiger partial charge in [-0.2, -0.15) is 0 Å². The second-order valence-electron chi connectivity index (χ2n) is 5.09. The highest BCUT2D eigenvalue weighted by Crippen LogP contribution is 2.25. The predicted molar refractivity (Wildman–Crippen MR) is 61.4 cm³/mol. The van der Waals surface area contributed by atoms with Crippen LogP contribution in [0.2, 0.25) is 0 Å². The molecule has 0 bridgehead atoms. The molecule has 94 valence electrons. The van der Waals surface area contributed by atoms with E-state index in [1.807, 2.05) is 0 Å². The first-order valence-electron chi connectivity index (χ1n) is 6.33. The van der Waals surface area contributed by atoms with Crippen molar-refractivity contribution in [2.45, 2.75) is 50.4 Å². The van der Waals surface area contributed by atoms with Gasteiger partial charge < -0.3 is 19.9 Å². The maximum atomic E-state index is 9.57. The summed E-state index contributed by atoms with van der Waals surface area (Å²) >= 11 is 0. The quantitative estimate of drug-likeness (QED) is 0.744. The third kappa shape index (κ3) is 2.94. The summed E-state index contributed by atoms with van der Waals surface area (Å²) in [5.74, 6) is 0. The van der Waals surface area contributed by atoms with Gasteiger partial charge in [-0.25, -0.2) is 0 Å². The van der Waals surface area contributed by atoms with E-state index in [4.69, 9.17) is 9.47 Å². The molecule has 0 aromatic heterocycles. The van der Waals surface area contributed by atoms with Crippen molar-refractivity contribution in [1.29, 1.82) is 0 Å². The molecule has 2 aliphatic rings. The molecule has 0 aliphatic carbocycles. The molecular formula is C12H23NO3. The maximum Gasteiger partial charge on any atom is 0.0700 e. The predicted octanol–water partition coefficient (Wildman–Crippen LogP) is 0.685. The molecule has 2 saturated heterocycles. The normalized spacial score (nSPS) is 40.1. The molecule has 0 saturated carbocycles. The molecule has 2 aliphatic heterocycles. The van der Waals surface area contributed by atoms with E-state index >= 15 is 0 Å². The topological polar surface area (TPSA) is 50.7 Å². The Morgan fingerprint density at radius 3 is 2.88 bits per heavy atom. The van der Waals surface area contributed by atoms with Crippen LogP contribution in [0, 0.1) is 0 Å². The van der Waals surface area contributed by atoms with Crippen molar-refractivity contribution < 1.29 is 14.6 Å². The Kier molecular flexibility index (Phi) is 4.19. The van der Waals surface area contributed by atoms with Crippen molar-refractivity contribution in [1.82, 2.24) is 5.32 Å². The first kappa shape index (κ1) is 12.3. The van der Waals surface area contributed by atoms with Gasteiger partial charge in [0.15, 0.2) is 0 Å². The lowest BCUT2D eigenvalue weighted by atomic mass is 9.87. The molecule has 2 heterocycles. The van der Waals surface area contributed by atoms with E-state index in [9.17, 15) is 5.11 Å². The summed E-state index contributed by atoms with van der Waals surface area (Å²) < 4.78 is 11.1. The number of aliphatic hydroxyl groups is 1. The summed E-state index contributed by atoms with van der Waals surface area (Å²) in [5.41, 5.74) is -0.149. The minimum absolute atomic E-state index is 0.149. The Morgan fingerprint density at radius 2 is 2.25 bits per heavy atom. The number of rotatable bonds is 4. The van der Waals surface area contributed by atoms with Crippen LogP contribution < -0.4 is 5.32 Å². The highest BCUT2D eigenvalue weighted by molar-refractivity contribution is 4.92. The van der Waals surface area contributed by atoms with Gasteiger partial charge in [-0.1, -0.05) is 0 Å². The summed E-state index contributed by atoms with van der Waals surface area (Å²) in [6.07, 6.45) is 4.65. The average molecular weight is 229 g/mol. The second kappa shape index (κ2) is 5.45. The van der Waals surface area contributed by atoms with Crippen LogP contribution >= 0.6 is 0 Å². The largest absolute Gasteiger partial charge is 0.394 e. The fraction of sp³-hybridized carbons (Fsp3) is 1.00. The number of hydrogen-bond acceptors (Lipinski definition) is 4. The Labute approximate surface area is 97.3 Å². The van der Waals surface area contributed by atoms with Gasteiger partial charge in [0.2, 0.25) is 0 Å². The van der Waals surface area contributed by atoms with E-state index in [2.05, 4.69) is 12.2 Å². The van der Waals surface area contributed by atoms with Gasteiger partial charge >= 0.3 is 0 Å². The van der Waals surface area contributed by atoms with Gasteiger partial charge in [-0.3, -0.25) is 0 Å². The van der Waals surface area contributed by atoms with Gasteiger partial charge in [0, 0.05) is 25.3 Å². The molecule has 2 rings (SSSR count). The molecule has 2 fully saturated rings. The van der Waals surface area contributed by atoms with Crippen molar-refractivity contribution in [2.24, 2.45) is 0 Å². The lowest BCUT2D eigenvalue weighted by Gasteiger charge is -2.40. The summed E-state index contributed by atoms with van der Waals surface area (Å²) in [4.78, 5) is 0.